The number of amides is 2. The number of benzene rings is 4. The van der Waals surface area contributed by atoms with Crippen LogP contribution in [0.5, 0.6) is 0 Å². The van der Waals surface area contributed by atoms with Gasteiger partial charge in [0.05, 0.1) is 40.6 Å². The molecular weight excluding hydrogens is 638 g/mol. The predicted octanol–water partition coefficient (Wildman–Crippen LogP) is 7.16. The van der Waals surface area contributed by atoms with E-state index in [2.05, 4.69) is 33.1 Å². The molecule has 3 heterocycles. The minimum atomic E-state index is -0.642. The van der Waals surface area contributed by atoms with Gasteiger partial charge in [-0.15, -0.1) is 0 Å². The number of piperazine rings is 1. The molecule has 2 aromatic heterocycles. The molecule has 0 bridgehead atoms. The number of rotatable bonds is 9. The number of aromatic amines is 1. The number of aryl methyl sites for hydroxylation is 1. The second kappa shape index (κ2) is 14.4. The molecule has 0 spiro atoms. The van der Waals surface area contributed by atoms with Crippen molar-refractivity contribution in [1.29, 1.82) is 15.8 Å². The van der Waals surface area contributed by atoms with Crippen molar-refractivity contribution in [3.63, 3.8) is 0 Å². The maximum Gasteiger partial charge on any atom is 0.301 e. The van der Waals surface area contributed by atoms with Gasteiger partial charge in [-0.2, -0.15) is 15.8 Å². The van der Waals surface area contributed by atoms with E-state index in [1.165, 1.54) is 29.8 Å². The Hall–Kier alpha value is -6.67. The second-order valence-electron chi connectivity index (χ2n) is 12.6. The molecule has 1 fully saturated rings. The van der Waals surface area contributed by atoms with Crippen LogP contribution < -0.4 is 9.80 Å². The summed E-state index contributed by atoms with van der Waals surface area (Å²) in [6.45, 7) is 4.68. The van der Waals surface area contributed by atoms with Crippen molar-refractivity contribution in [2.75, 3.05) is 42.5 Å². The topological polar surface area (TPSA) is 144 Å². The zero-order valence-corrected chi connectivity index (χ0v) is 27.8. The number of hydrogen-bond acceptors (Lipinski definition) is 8. The third-order valence-corrected chi connectivity index (χ3v) is 9.44. The molecule has 0 unspecified atom stereocenters. The molecule has 51 heavy (non-hydrogen) atoms. The van der Waals surface area contributed by atoms with E-state index >= 15 is 0 Å². The molecule has 6 aromatic rings. The van der Waals surface area contributed by atoms with Gasteiger partial charge in [0.15, 0.2) is 5.76 Å². The van der Waals surface area contributed by atoms with Crippen LogP contribution in [0, 0.1) is 34.0 Å². The molecule has 2 amide bonds. The summed E-state index contributed by atoms with van der Waals surface area (Å²) in [5.41, 5.74) is 5.89. The summed E-state index contributed by atoms with van der Waals surface area (Å²) < 4.78 is 5.99. The first-order valence-electron chi connectivity index (χ1n) is 16.8. The summed E-state index contributed by atoms with van der Waals surface area (Å²) in [4.78, 5) is 36.8. The van der Waals surface area contributed by atoms with Crippen LogP contribution in [0.4, 0.5) is 11.4 Å². The predicted molar refractivity (Wildman–Crippen MR) is 194 cm³/mol. The number of carbonyl (C=O) groups excluding carboxylic acids is 2. The standard InChI is InChI=1S/C41H33N7O3/c42-24-28-4-9-31(10-5-28)40(49)48(34-11-6-29(25-43)7-12-34)41(50)39-23-33-22-35(13-15-38(33)51-39)47-19-17-46(18-20-47)16-2-1-3-32-27-45-37-14-8-30(26-44)21-36(32)37/h4-15,21-23,27,45H,1-3,16-20H2. The van der Waals surface area contributed by atoms with Crippen molar-refractivity contribution in [1.82, 2.24) is 9.88 Å². The summed E-state index contributed by atoms with van der Waals surface area (Å²) in [7, 11) is 0. The Balaban J connectivity index is 0.996. The van der Waals surface area contributed by atoms with Gasteiger partial charge >= 0.3 is 5.91 Å². The number of nitrogens with one attached hydrogen (secondary N) is 1. The SMILES string of the molecule is N#Cc1ccc(C(=O)N(C(=O)c2cc3cc(N4CCN(CCCCc5c[nH]c6ccc(C#N)cc56)CC4)ccc3o2)c2ccc(C#N)cc2)cc1. The van der Waals surface area contributed by atoms with Gasteiger partial charge in [0.2, 0.25) is 0 Å². The lowest BCUT2D eigenvalue weighted by Gasteiger charge is -2.36. The minimum Gasteiger partial charge on any atom is -0.451 e. The molecule has 1 aliphatic rings. The van der Waals surface area contributed by atoms with Gasteiger partial charge in [-0.05, 0) is 122 Å². The number of furan rings is 1. The second-order valence-corrected chi connectivity index (χ2v) is 12.6. The van der Waals surface area contributed by atoms with Gasteiger partial charge in [-0.3, -0.25) is 14.5 Å². The van der Waals surface area contributed by atoms with Crippen LogP contribution in [-0.2, 0) is 6.42 Å². The minimum absolute atomic E-state index is 0.0106. The summed E-state index contributed by atoms with van der Waals surface area (Å²) in [5.74, 6) is -1.21. The largest absolute Gasteiger partial charge is 0.451 e. The van der Waals surface area contributed by atoms with Crippen LogP contribution in [-0.4, -0.2) is 54.4 Å². The molecule has 1 aliphatic heterocycles. The number of unbranched alkanes of at least 4 members (excludes halogenated alkanes) is 1. The highest BCUT2D eigenvalue weighted by molar-refractivity contribution is 6.25. The van der Waals surface area contributed by atoms with Crippen LogP contribution in [0.15, 0.2) is 102 Å². The number of hydrogen-bond donors (Lipinski definition) is 1. The van der Waals surface area contributed by atoms with Crippen LogP contribution in [0.3, 0.4) is 0 Å². The maximum atomic E-state index is 14.0. The average molecular weight is 672 g/mol. The highest BCUT2D eigenvalue weighted by Crippen LogP contribution is 2.29. The molecule has 1 N–H and O–H groups in total. The smallest absolute Gasteiger partial charge is 0.301 e. The molecule has 10 nitrogen and oxygen atoms in total. The lowest BCUT2D eigenvalue weighted by Crippen LogP contribution is -2.46. The summed E-state index contributed by atoms with van der Waals surface area (Å²) >= 11 is 0. The van der Waals surface area contributed by atoms with E-state index in [1.54, 1.807) is 30.3 Å². The fourth-order valence-electron chi connectivity index (χ4n) is 6.61. The van der Waals surface area contributed by atoms with Gasteiger partial charge in [-0.1, -0.05) is 0 Å². The number of nitrogens with zero attached hydrogens (tertiary/aromatic N) is 6. The van der Waals surface area contributed by atoms with Crippen LogP contribution in [0.25, 0.3) is 21.9 Å². The highest BCUT2D eigenvalue weighted by atomic mass is 16.3. The Morgan fingerprint density at radius 3 is 2.14 bits per heavy atom. The van der Waals surface area contributed by atoms with Crippen molar-refractivity contribution in [2.24, 2.45) is 0 Å². The quantitative estimate of drug-likeness (QED) is 0.126. The van der Waals surface area contributed by atoms with E-state index < -0.39 is 11.8 Å². The van der Waals surface area contributed by atoms with E-state index in [1.807, 2.05) is 42.5 Å². The molecule has 0 atom stereocenters. The first-order chi connectivity index (χ1) is 24.9. The van der Waals surface area contributed by atoms with Gasteiger partial charge in [0.1, 0.15) is 5.58 Å². The number of carbonyl (C=O) groups is 2. The Bertz CT molecular complexity index is 2360. The van der Waals surface area contributed by atoms with Crippen LogP contribution in [0.2, 0.25) is 0 Å². The van der Waals surface area contributed by atoms with Crippen molar-refractivity contribution >= 4 is 45.1 Å². The number of H-pyrrole nitrogens is 1. The van der Waals surface area contributed by atoms with E-state index in [0.717, 1.165) is 78.9 Å². The van der Waals surface area contributed by atoms with Crippen molar-refractivity contribution in [3.8, 4) is 18.2 Å². The molecule has 7 rings (SSSR count). The van der Waals surface area contributed by atoms with E-state index in [4.69, 9.17) is 4.42 Å². The molecule has 0 saturated carbocycles. The molecule has 10 heteroatoms. The molecule has 1 saturated heterocycles. The van der Waals surface area contributed by atoms with Crippen molar-refractivity contribution in [3.05, 3.63) is 131 Å². The van der Waals surface area contributed by atoms with E-state index in [0.29, 0.717) is 28.0 Å². The fraction of sp³-hybridized carbons (Fsp3) is 0.195. The molecule has 0 aliphatic carbocycles. The molecule has 250 valence electrons. The Morgan fingerprint density at radius 2 is 1.43 bits per heavy atom. The third-order valence-electron chi connectivity index (χ3n) is 9.44. The van der Waals surface area contributed by atoms with Gasteiger partial charge in [-0.25, -0.2) is 4.90 Å². The van der Waals surface area contributed by atoms with Crippen LogP contribution in [0.1, 0.15) is 56.0 Å². The Labute approximate surface area is 294 Å². The average Bonchev–Trinajstić information content (AvgIpc) is 3.80. The normalized spacial score (nSPS) is 13.1. The number of imide groups is 1. The summed E-state index contributed by atoms with van der Waals surface area (Å²) in [5, 5.41) is 29.6. The number of fused-ring (bicyclic) bond motifs is 2. The van der Waals surface area contributed by atoms with Crippen molar-refractivity contribution < 1.29 is 14.0 Å². The zero-order valence-electron chi connectivity index (χ0n) is 27.8. The first kappa shape index (κ1) is 32.9. The Kier molecular flexibility index (Phi) is 9.30. The van der Waals surface area contributed by atoms with E-state index in [9.17, 15) is 25.4 Å². The lowest BCUT2D eigenvalue weighted by atomic mass is 10.1. The zero-order chi connectivity index (χ0) is 35.3. The molecule has 4 aromatic carbocycles. The lowest BCUT2D eigenvalue weighted by molar-refractivity contribution is 0.0882. The van der Waals surface area contributed by atoms with Gasteiger partial charge in [0.25, 0.3) is 5.91 Å². The molecule has 0 radical (unpaired) electrons. The van der Waals surface area contributed by atoms with Gasteiger partial charge in [0, 0.05) is 59.9 Å². The third kappa shape index (κ3) is 6.93. The maximum absolute atomic E-state index is 14.0. The van der Waals surface area contributed by atoms with Crippen molar-refractivity contribution in [2.45, 2.75) is 19.3 Å². The summed E-state index contributed by atoms with van der Waals surface area (Å²) in [6.07, 6.45) is 5.20. The molecular formula is C41H33N7O3. The van der Waals surface area contributed by atoms with Gasteiger partial charge < -0.3 is 14.3 Å². The highest BCUT2D eigenvalue weighted by Gasteiger charge is 2.29. The first-order valence-corrected chi connectivity index (χ1v) is 16.8. The summed E-state index contributed by atoms with van der Waals surface area (Å²) in [6, 6.07) is 31.9. The van der Waals surface area contributed by atoms with Crippen LogP contribution >= 0.6 is 0 Å². The van der Waals surface area contributed by atoms with E-state index in [-0.39, 0.29) is 11.3 Å². The number of anilines is 2. The number of nitriles is 3. The Morgan fingerprint density at radius 1 is 0.745 bits per heavy atom. The number of aromatic nitrogens is 1. The monoisotopic (exact) mass is 671 g/mol. The fourth-order valence-corrected chi connectivity index (χ4v) is 6.61.